The number of hydrogen-bond acceptors (Lipinski definition) is 3. The van der Waals surface area contributed by atoms with Crippen molar-refractivity contribution in [2.45, 2.75) is 26.3 Å². The van der Waals surface area contributed by atoms with E-state index in [0.29, 0.717) is 12.5 Å². The van der Waals surface area contributed by atoms with Crippen molar-refractivity contribution in [1.29, 1.82) is 0 Å². The summed E-state index contributed by atoms with van der Waals surface area (Å²) >= 11 is 0. The molecule has 1 unspecified atom stereocenters. The molecule has 1 aromatic carbocycles. The van der Waals surface area contributed by atoms with Crippen LogP contribution in [0.2, 0.25) is 0 Å². The van der Waals surface area contributed by atoms with E-state index in [2.05, 4.69) is 39.6 Å². The molecule has 5 nitrogen and oxygen atoms in total. The second kappa shape index (κ2) is 8.62. The van der Waals surface area contributed by atoms with E-state index in [0.717, 1.165) is 43.9 Å². The van der Waals surface area contributed by atoms with Crippen LogP contribution >= 0.6 is 0 Å². The molecule has 0 bridgehead atoms. The normalized spacial score (nSPS) is 17.4. The number of carbonyl (C=O) groups is 1. The number of pyridine rings is 1. The molecule has 2 aromatic rings. The smallest absolute Gasteiger partial charge is 0.319 e. The lowest BCUT2D eigenvalue weighted by Crippen LogP contribution is -2.34. The number of carbonyl (C=O) groups excluding carboxylic acids is 1. The fourth-order valence-electron chi connectivity index (χ4n) is 3.14. The zero-order valence-corrected chi connectivity index (χ0v) is 14.7. The number of benzene rings is 1. The quantitative estimate of drug-likeness (QED) is 0.850. The van der Waals surface area contributed by atoms with Crippen molar-refractivity contribution in [3.8, 4) is 0 Å². The Morgan fingerprint density at radius 1 is 1.24 bits per heavy atom. The number of hydrogen-bond donors (Lipinski definition) is 2. The van der Waals surface area contributed by atoms with E-state index in [9.17, 15) is 4.79 Å². The minimum absolute atomic E-state index is 0.138. The molecular weight excluding hydrogens is 312 g/mol. The summed E-state index contributed by atoms with van der Waals surface area (Å²) in [5, 5.41) is 5.83. The molecule has 2 heterocycles. The molecule has 2 amide bonds. The van der Waals surface area contributed by atoms with Crippen LogP contribution in [0, 0.1) is 5.92 Å². The van der Waals surface area contributed by atoms with Crippen molar-refractivity contribution >= 4 is 11.7 Å². The Balaban J connectivity index is 1.39. The van der Waals surface area contributed by atoms with E-state index in [-0.39, 0.29) is 6.03 Å². The van der Waals surface area contributed by atoms with Crippen LogP contribution in [0.15, 0.2) is 48.7 Å². The van der Waals surface area contributed by atoms with Crippen LogP contribution in [0.4, 0.5) is 10.5 Å². The van der Waals surface area contributed by atoms with E-state index < -0.39 is 0 Å². The number of amides is 2. The first-order valence-corrected chi connectivity index (χ1v) is 8.99. The summed E-state index contributed by atoms with van der Waals surface area (Å²) < 4.78 is 0. The number of likely N-dealkylation sites (tertiary alicyclic amines) is 1. The Labute approximate surface area is 149 Å². The van der Waals surface area contributed by atoms with Crippen molar-refractivity contribution in [2.24, 2.45) is 5.92 Å². The zero-order valence-electron chi connectivity index (χ0n) is 14.7. The van der Waals surface area contributed by atoms with Crippen LogP contribution < -0.4 is 10.6 Å². The van der Waals surface area contributed by atoms with Gasteiger partial charge in [-0.25, -0.2) is 4.79 Å². The van der Waals surface area contributed by atoms with Crippen LogP contribution in [0.1, 0.15) is 24.6 Å². The summed E-state index contributed by atoms with van der Waals surface area (Å²) in [5.74, 6) is 0.497. The number of nitrogens with zero attached hydrogens (tertiary/aromatic N) is 2. The molecule has 0 radical (unpaired) electrons. The standard InChI is InChI=1S/C20H26N4O/c1-2-16-8-9-19(21-12-16)15-24-11-10-17(14-24)13-22-20(25)23-18-6-4-3-5-7-18/h3-9,12,17H,2,10-11,13-15H2,1H3,(H2,22,23,25). The van der Waals surface area contributed by atoms with Crippen LogP contribution in [0.25, 0.3) is 0 Å². The highest BCUT2D eigenvalue weighted by atomic mass is 16.2. The monoisotopic (exact) mass is 338 g/mol. The number of urea groups is 1. The molecule has 132 valence electrons. The van der Waals surface area contributed by atoms with Crippen LogP contribution in [0.5, 0.6) is 0 Å². The maximum atomic E-state index is 12.0. The minimum Gasteiger partial charge on any atom is -0.338 e. The first-order chi connectivity index (χ1) is 12.2. The number of rotatable bonds is 6. The van der Waals surface area contributed by atoms with Gasteiger partial charge in [-0.1, -0.05) is 31.2 Å². The maximum absolute atomic E-state index is 12.0. The molecule has 0 saturated carbocycles. The highest BCUT2D eigenvalue weighted by molar-refractivity contribution is 5.89. The predicted molar refractivity (Wildman–Crippen MR) is 100 cm³/mol. The summed E-state index contributed by atoms with van der Waals surface area (Å²) in [7, 11) is 0. The first kappa shape index (κ1) is 17.4. The number of anilines is 1. The summed E-state index contributed by atoms with van der Waals surface area (Å²) in [4.78, 5) is 18.9. The minimum atomic E-state index is -0.138. The molecule has 1 atom stereocenters. The summed E-state index contributed by atoms with van der Waals surface area (Å²) in [5.41, 5.74) is 3.21. The Morgan fingerprint density at radius 3 is 2.80 bits per heavy atom. The second-order valence-corrected chi connectivity index (χ2v) is 6.60. The zero-order chi connectivity index (χ0) is 17.5. The highest BCUT2D eigenvalue weighted by Crippen LogP contribution is 2.17. The maximum Gasteiger partial charge on any atom is 0.319 e. The second-order valence-electron chi connectivity index (χ2n) is 6.60. The van der Waals surface area contributed by atoms with Gasteiger partial charge >= 0.3 is 6.03 Å². The van der Waals surface area contributed by atoms with E-state index in [1.165, 1.54) is 5.56 Å². The molecule has 0 spiro atoms. The molecule has 5 heteroatoms. The molecule has 1 aromatic heterocycles. The molecule has 1 aliphatic heterocycles. The summed E-state index contributed by atoms with van der Waals surface area (Å²) in [6.45, 7) is 5.80. The Hall–Kier alpha value is -2.40. The van der Waals surface area contributed by atoms with Gasteiger partial charge in [0.05, 0.1) is 5.69 Å². The average molecular weight is 338 g/mol. The highest BCUT2D eigenvalue weighted by Gasteiger charge is 2.23. The third-order valence-electron chi connectivity index (χ3n) is 4.63. The predicted octanol–water partition coefficient (Wildman–Crippen LogP) is 3.29. The van der Waals surface area contributed by atoms with Crippen molar-refractivity contribution < 1.29 is 4.79 Å². The van der Waals surface area contributed by atoms with E-state index in [1.54, 1.807) is 0 Å². The third kappa shape index (κ3) is 5.29. The summed E-state index contributed by atoms with van der Waals surface area (Å²) in [6.07, 6.45) is 4.10. The largest absolute Gasteiger partial charge is 0.338 e. The SMILES string of the molecule is CCc1ccc(CN2CCC(CNC(=O)Nc3ccccc3)C2)nc1. The summed E-state index contributed by atoms with van der Waals surface area (Å²) in [6, 6.07) is 13.7. The number of aromatic nitrogens is 1. The van der Waals surface area contributed by atoms with Crippen molar-refractivity contribution in [2.75, 3.05) is 25.0 Å². The Bertz CT molecular complexity index is 672. The molecular formula is C20H26N4O. The molecule has 2 N–H and O–H groups in total. The van der Waals surface area contributed by atoms with E-state index in [4.69, 9.17) is 0 Å². The average Bonchev–Trinajstić information content (AvgIpc) is 3.09. The molecule has 25 heavy (non-hydrogen) atoms. The van der Waals surface area contributed by atoms with Gasteiger partial charge in [-0.05, 0) is 49.1 Å². The van der Waals surface area contributed by atoms with Gasteiger partial charge in [-0.15, -0.1) is 0 Å². The Morgan fingerprint density at radius 2 is 2.08 bits per heavy atom. The van der Waals surface area contributed by atoms with Gasteiger partial charge in [0, 0.05) is 31.5 Å². The Kier molecular flexibility index (Phi) is 6.01. The molecule has 1 aliphatic rings. The first-order valence-electron chi connectivity index (χ1n) is 8.99. The van der Waals surface area contributed by atoms with Crippen molar-refractivity contribution in [3.63, 3.8) is 0 Å². The van der Waals surface area contributed by atoms with Gasteiger partial charge in [0.2, 0.25) is 0 Å². The number of nitrogens with one attached hydrogen (secondary N) is 2. The van der Waals surface area contributed by atoms with Crippen LogP contribution in [-0.4, -0.2) is 35.5 Å². The van der Waals surface area contributed by atoms with Gasteiger partial charge in [0.25, 0.3) is 0 Å². The van der Waals surface area contributed by atoms with Gasteiger partial charge in [-0.2, -0.15) is 0 Å². The van der Waals surface area contributed by atoms with E-state index >= 15 is 0 Å². The van der Waals surface area contributed by atoms with E-state index in [1.807, 2.05) is 36.5 Å². The fourth-order valence-corrected chi connectivity index (χ4v) is 3.14. The molecule has 3 rings (SSSR count). The topological polar surface area (TPSA) is 57.3 Å². The lowest BCUT2D eigenvalue weighted by molar-refractivity contribution is 0.249. The third-order valence-corrected chi connectivity index (χ3v) is 4.63. The van der Waals surface area contributed by atoms with Gasteiger partial charge in [0.1, 0.15) is 0 Å². The van der Waals surface area contributed by atoms with Gasteiger partial charge < -0.3 is 10.6 Å². The molecule has 0 aliphatic carbocycles. The number of aryl methyl sites for hydroxylation is 1. The van der Waals surface area contributed by atoms with Crippen molar-refractivity contribution in [3.05, 3.63) is 59.9 Å². The molecule has 1 fully saturated rings. The van der Waals surface area contributed by atoms with Gasteiger partial charge in [0.15, 0.2) is 0 Å². The number of para-hydroxylation sites is 1. The van der Waals surface area contributed by atoms with Gasteiger partial charge in [-0.3, -0.25) is 9.88 Å². The lowest BCUT2D eigenvalue weighted by atomic mass is 10.1. The van der Waals surface area contributed by atoms with Crippen LogP contribution in [0.3, 0.4) is 0 Å². The van der Waals surface area contributed by atoms with Crippen molar-refractivity contribution in [1.82, 2.24) is 15.2 Å². The fraction of sp³-hybridized carbons (Fsp3) is 0.400. The lowest BCUT2D eigenvalue weighted by Gasteiger charge is -2.16. The van der Waals surface area contributed by atoms with Crippen LogP contribution in [-0.2, 0) is 13.0 Å². The molecule has 1 saturated heterocycles.